The van der Waals surface area contributed by atoms with Crippen molar-refractivity contribution in [1.82, 2.24) is 20.1 Å². The zero-order valence-electron chi connectivity index (χ0n) is 11.9. The van der Waals surface area contributed by atoms with E-state index in [0.717, 1.165) is 36.5 Å². The van der Waals surface area contributed by atoms with Gasteiger partial charge in [0.05, 0.1) is 0 Å². The van der Waals surface area contributed by atoms with Crippen LogP contribution < -0.4 is 5.32 Å². The van der Waals surface area contributed by atoms with Gasteiger partial charge in [0.2, 0.25) is 0 Å². The van der Waals surface area contributed by atoms with Crippen molar-refractivity contribution in [3.8, 4) is 0 Å². The average molecular weight is 250 g/mol. The van der Waals surface area contributed by atoms with Crippen LogP contribution in [0.15, 0.2) is 6.33 Å². The molecule has 0 aliphatic heterocycles. The quantitative estimate of drug-likeness (QED) is 0.840. The fourth-order valence-corrected chi connectivity index (χ4v) is 2.95. The van der Waals surface area contributed by atoms with E-state index < -0.39 is 0 Å². The van der Waals surface area contributed by atoms with Gasteiger partial charge in [0, 0.05) is 13.5 Å². The third-order valence-electron chi connectivity index (χ3n) is 4.03. The van der Waals surface area contributed by atoms with Gasteiger partial charge in [0.15, 0.2) is 0 Å². The largest absolute Gasteiger partial charge is 0.316 e. The number of aromatic nitrogens is 3. The molecule has 2 atom stereocenters. The molecular formula is C14H26N4. The van der Waals surface area contributed by atoms with Crippen LogP contribution in [0.1, 0.15) is 38.9 Å². The molecule has 4 nitrogen and oxygen atoms in total. The lowest BCUT2D eigenvalue weighted by atomic mass is 9.92. The average Bonchev–Trinajstić information content (AvgIpc) is 2.90. The van der Waals surface area contributed by atoms with Gasteiger partial charge in [-0.2, -0.15) is 5.10 Å². The van der Waals surface area contributed by atoms with Gasteiger partial charge < -0.3 is 5.32 Å². The summed E-state index contributed by atoms with van der Waals surface area (Å²) in [6.45, 7) is 6.82. The Labute approximate surface area is 110 Å². The van der Waals surface area contributed by atoms with E-state index in [0.29, 0.717) is 0 Å². The number of nitrogens with one attached hydrogen (secondary N) is 1. The second-order valence-electron chi connectivity index (χ2n) is 6.01. The summed E-state index contributed by atoms with van der Waals surface area (Å²) in [5, 5.41) is 7.77. The van der Waals surface area contributed by atoms with Crippen molar-refractivity contribution in [3.05, 3.63) is 12.2 Å². The van der Waals surface area contributed by atoms with E-state index in [1.54, 1.807) is 6.33 Å². The second kappa shape index (κ2) is 6.32. The van der Waals surface area contributed by atoms with Crippen molar-refractivity contribution in [2.45, 2.75) is 39.5 Å². The molecule has 0 radical (unpaired) electrons. The lowest BCUT2D eigenvalue weighted by molar-refractivity contribution is 0.349. The number of hydrogen-bond acceptors (Lipinski definition) is 3. The molecule has 2 rings (SSSR count). The topological polar surface area (TPSA) is 42.7 Å². The second-order valence-corrected chi connectivity index (χ2v) is 6.01. The third-order valence-corrected chi connectivity index (χ3v) is 4.03. The molecule has 0 amide bonds. The van der Waals surface area contributed by atoms with Crippen LogP contribution >= 0.6 is 0 Å². The number of nitrogens with zero attached hydrogens (tertiary/aromatic N) is 3. The molecule has 1 N–H and O–H groups in total. The lowest BCUT2D eigenvalue weighted by Crippen LogP contribution is -2.29. The van der Waals surface area contributed by atoms with Gasteiger partial charge in [-0.15, -0.1) is 0 Å². The van der Waals surface area contributed by atoms with Gasteiger partial charge >= 0.3 is 0 Å². The molecule has 1 aromatic heterocycles. The first-order valence-corrected chi connectivity index (χ1v) is 7.20. The van der Waals surface area contributed by atoms with E-state index in [1.807, 2.05) is 11.7 Å². The molecule has 1 aliphatic rings. The Balaban J connectivity index is 1.82. The molecule has 0 aromatic carbocycles. The normalized spacial score (nSPS) is 24.0. The van der Waals surface area contributed by atoms with E-state index in [1.165, 1.54) is 25.8 Å². The Morgan fingerprint density at radius 3 is 2.83 bits per heavy atom. The van der Waals surface area contributed by atoms with E-state index in [4.69, 9.17) is 0 Å². The van der Waals surface area contributed by atoms with E-state index in [2.05, 4.69) is 29.2 Å². The molecule has 102 valence electrons. The number of hydrogen-bond donors (Lipinski definition) is 1. The van der Waals surface area contributed by atoms with Crippen molar-refractivity contribution in [2.75, 3.05) is 13.1 Å². The number of aryl methyl sites for hydroxylation is 1. The fraction of sp³-hybridized carbons (Fsp3) is 0.857. The van der Waals surface area contributed by atoms with Crippen LogP contribution in [0, 0.1) is 17.8 Å². The molecular weight excluding hydrogens is 224 g/mol. The molecule has 1 aliphatic carbocycles. The molecule has 0 saturated heterocycles. The summed E-state index contributed by atoms with van der Waals surface area (Å²) in [7, 11) is 1.99. The van der Waals surface area contributed by atoms with Crippen LogP contribution in [-0.2, 0) is 13.5 Å². The lowest BCUT2D eigenvalue weighted by Gasteiger charge is -2.20. The van der Waals surface area contributed by atoms with Gasteiger partial charge in [-0.25, -0.2) is 4.98 Å². The Morgan fingerprint density at radius 2 is 2.17 bits per heavy atom. The summed E-state index contributed by atoms with van der Waals surface area (Å²) in [6, 6.07) is 0. The summed E-state index contributed by atoms with van der Waals surface area (Å²) in [4.78, 5) is 4.35. The minimum atomic E-state index is 0.739. The Morgan fingerprint density at radius 1 is 1.39 bits per heavy atom. The molecule has 0 spiro atoms. The maximum absolute atomic E-state index is 4.35. The first kappa shape index (κ1) is 13.5. The SMILES string of the molecule is CC(C)CNCC1CCCC1Cc1ncnn1C. The van der Waals surface area contributed by atoms with E-state index >= 15 is 0 Å². The van der Waals surface area contributed by atoms with Crippen LogP contribution in [0.3, 0.4) is 0 Å². The van der Waals surface area contributed by atoms with Gasteiger partial charge in [0.25, 0.3) is 0 Å². The minimum Gasteiger partial charge on any atom is -0.316 e. The van der Waals surface area contributed by atoms with E-state index in [-0.39, 0.29) is 0 Å². The summed E-state index contributed by atoms with van der Waals surface area (Å²) in [5.41, 5.74) is 0. The van der Waals surface area contributed by atoms with Crippen molar-refractivity contribution in [2.24, 2.45) is 24.8 Å². The van der Waals surface area contributed by atoms with Crippen molar-refractivity contribution in [3.63, 3.8) is 0 Å². The maximum Gasteiger partial charge on any atom is 0.138 e. The van der Waals surface area contributed by atoms with Gasteiger partial charge in [0.1, 0.15) is 12.2 Å². The van der Waals surface area contributed by atoms with Crippen molar-refractivity contribution < 1.29 is 0 Å². The Kier molecular flexibility index (Phi) is 4.75. The Hall–Kier alpha value is -0.900. The first-order chi connectivity index (χ1) is 8.66. The van der Waals surface area contributed by atoms with Crippen LogP contribution in [0.5, 0.6) is 0 Å². The van der Waals surface area contributed by atoms with Gasteiger partial charge in [-0.05, 0) is 43.7 Å². The molecule has 2 unspecified atom stereocenters. The highest BCUT2D eigenvalue weighted by Gasteiger charge is 2.28. The standard InChI is InChI=1S/C14H26N4/c1-11(2)8-15-9-13-6-4-5-12(13)7-14-16-10-17-18(14)3/h10-13,15H,4-9H2,1-3H3. The van der Waals surface area contributed by atoms with Crippen LogP contribution in [0.25, 0.3) is 0 Å². The summed E-state index contributed by atoms with van der Waals surface area (Å²) < 4.78 is 1.91. The minimum absolute atomic E-state index is 0.739. The first-order valence-electron chi connectivity index (χ1n) is 7.20. The van der Waals surface area contributed by atoms with Crippen LogP contribution in [0.4, 0.5) is 0 Å². The Bertz CT molecular complexity index is 358. The van der Waals surface area contributed by atoms with Crippen LogP contribution in [-0.4, -0.2) is 27.9 Å². The molecule has 1 aromatic rings. The van der Waals surface area contributed by atoms with Crippen molar-refractivity contribution in [1.29, 1.82) is 0 Å². The summed E-state index contributed by atoms with van der Waals surface area (Å²) >= 11 is 0. The fourth-order valence-electron chi connectivity index (χ4n) is 2.95. The monoisotopic (exact) mass is 250 g/mol. The zero-order chi connectivity index (χ0) is 13.0. The molecule has 1 saturated carbocycles. The summed E-state index contributed by atoms with van der Waals surface area (Å²) in [6.07, 6.45) is 6.84. The molecule has 1 fully saturated rings. The third kappa shape index (κ3) is 3.55. The highest BCUT2D eigenvalue weighted by Crippen LogP contribution is 2.33. The molecule has 1 heterocycles. The molecule has 18 heavy (non-hydrogen) atoms. The van der Waals surface area contributed by atoms with Gasteiger partial charge in [-0.1, -0.05) is 20.3 Å². The predicted molar refractivity (Wildman–Crippen MR) is 73.2 cm³/mol. The predicted octanol–water partition coefficient (Wildman–Crippen LogP) is 2.02. The van der Waals surface area contributed by atoms with Gasteiger partial charge in [-0.3, -0.25) is 4.68 Å². The van der Waals surface area contributed by atoms with E-state index in [9.17, 15) is 0 Å². The molecule has 4 heteroatoms. The van der Waals surface area contributed by atoms with Crippen LogP contribution in [0.2, 0.25) is 0 Å². The summed E-state index contributed by atoms with van der Waals surface area (Å²) in [5.74, 6) is 3.48. The maximum atomic E-state index is 4.35. The smallest absolute Gasteiger partial charge is 0.138 e. The highest BCUT2D eigenvalue weighted by atomic mass is 15.3. The zero-order valence-corrected chi connectivity index (χ0v) is 11.9. The highest BCUT2D eigenvalue weighted by molar-refractivity contribution is 4.91. The molecule has 0 bridgehead atoms. The number of rotatable bonds is 6. The van der Waals surface area contributed by atoms with Crippen molar-refractivity contribution >= 4 is 0 Å².